The van der Waals surface area contributed by atoms with Gasteiger partial charge in [0.2, 0.25) is 0 Å². The second-order valence-electron chi connectivity index (χ2n) is 5.20. The first kappa shape index (κ1) is 14.7. The van der Waals surface area contributed by atoms with Crippen LogP contribution < -0.4 is 4.90 Å². The van der Waals surface area contributed by atoms with E-state index in [2.05, 4.69) is 4.98 Å². The molecule has 1 N–H and O–H groups in total. The van der Waals surface area contributed by atoms with Crippen LogP contribution in [0.4, 0.5) is 5.69 Å². The highest BCUT2D eigenvalue weighted by Crippen LogP contribution is 2.27. The Morgan fingerprint density at radius 1 is 1.18 bits per heavy atom. The summed E-state index contributed by atoms with van der Waals surface area (Å²) in [7, 11) is 0. The second-order valence-corrected chi connectivity index (χ2v) is 5.64. The topological polar surface area (TPSA) is 36.1 Å². The molecule has 0 atom stereocenters. The van der Waals surface area contributed by atoms with Gasteiger partial charge in [0.15, 0.2) is 0 Å². The van der Waals surface area contributed by atoms with Crippen molar-refractivity contribution < 1.29 is 4.79 Å². The first-order valence-electron chi connectivity index (χ1n) is 7.26. The molecule has 3 nitrogen and oxygen atoms in total. The number of aryl methyl sites for hydroxylation is 1. The summed E-state index contributed by atoms with van der Waals surface area (Å²) in [6.07, 6.45) is 0. The average molecular weight is 313 g/mol. The van der Waals surface area contributed by atoms with Gasteiger partial charge in [-0.05, 0) is 49.7 Å². The molecule has 0 spiro atoms. The van der Waals surface area contributed by atoms with Crippen LogP contribution in [0.5, 0.6) is 0 Å². The maximum atomic E-state index is 12.9. The number of hydrogen-bond donors (Lipinski definition) is 1. The highest BCUT2D eigenvalue weighted by atomic mass is 35.5. The fourth-order valence-electron chi connectivity index (χ4n) is 2.70. The molecule has 22 heavy (non-hydrogen) atoms. The van der Waals surface area contributed by atoms with E-state index in [0.29, 0.717) is 17.3 Å². The molecule has 0 unspecified atom stereocenters. The Balaban J connectivity index is 2.06. The third-order valence-corrected chi connectivity index (χ3v) is 4.10. The monoisotopic (exact) mass is 312 g/mol. The smallest absolute Gasteiger partial charge is 0.274 e. The van der Waals surface area contributed by atoms with E-state index in [1.54, 1.807) is 4.90 Å². The Kier molecular flexibility index (Phi) is 3.90. The molecule has 0 aliphatic carbocycles. The fraction of sp³-hybridized carbons (Fsp3) is 0.167. The molecule has 4 heteroatoms. The summed E-state index contributed by atoms with van der Waals surface area (Å²) in [5, 5.41) is 1.66. The van der Waals surface area contributed by atoms with E-state index in [0.717, 1.165) is 22.2 Å². The number of aromatic nitrogens is 1. The van der Waals surface area contributed by atoms with Crippen molar-refractivity contribution in [2.75, 3.05) is 11.4 Å². The van der Waals surface area contributed by atoms with Crippen molar-refractivity contribution in [3.05, 3.63) is 64.8 Å². The van der Waals surface area contributed by atoms with Crippen molar-refractivity contribution in [3.8, 4) is 0 Å². The summed E-state index contributed by atoms with van der Waals surface area (Å²) < 4.78 is 0. The number of para-hydroxylation sites is 1. The van der Waals surface area contributed by atoms with Crippen LogP contribution in [0.25, 0.3) is 10.9 Å². The van der Waals surface area contributed by atoms with E-state index in [4.69, 9.17) is 11.6 Å². The number of carbonyl (C=O) groups is 1. The molecule has 1 amide bonds. The minimum Gasteiger partial charge on any atom is -0.350 e. The number of amides is 1. The lowest BCUT2D eigenvalue weighted by Gasteiger charge is -2.20. The van der Waals surface area contributed by atoms with Gasteiger partial charge in [0.05, 0.1) is 0 Å². The summed E-state index contributed by atoms with van der Waals surface area (Å²) in [6.45, 7) is 4.53. The van der Waals surface area contributed by atoms with Crippen LogP contribution in [0, 0.1) is 6.92 Å². The van der Waals surface area contributed by atoms with Gasteiger partial charge >= 0.3 is 0 Å². The number of aromatic amines is 1. The lowest BCUT2D eigenvalue weighted by Crippen LogP contribution is -2.31. The number of carbonyl (C=O) groups excluding carboxylic acids is 1. The van der Waals surface area contributed by atoms with E-state index < -0.39 is 0 Å². The van der Waals surface area contributed by atoms with Crippen LogP contribution in [0.2, 0.25) is 5.02 Å². The maximum absolute atomic E-state index is 12.9. The number of benzene rings is 2. The number of hydrogen-bond acceptors (Lipinski definition) is 1. The molecule has 3 aromatic rings. The first-order chi connectivity index (χ1) is 10.6. The first-order valence-corrected chi connectivity index (χ1v) is 7.64. The van der Waals surface area contributed by atoms with Gasteiger partial charge in [-0.3, -0.25) is 4.79 Å². The predicted octanol–water partition coefficient (Wildman–Crippen LogP) is 4.80. The molecule has 0 bridgehead atoms. The Morgan fingerprint density at radius 2 is 1.91 bits per heavy atom. The van der Waals surface area contributed by atoms with E-state index >= 15 is 0 Å². The largest absolute Gasteiger partial charge is 0.350 e. The molecule has 1 aromatic heterocycles. The maximum Gasteiger partial charge on any atom is 0.274 e. The van der Waals surface area contributed by atoms with Crippen LogP contribution in [-0.2, 0) is 0 Å². The Hall–Kier alpha value is -2.26. The zero-order chi connectivity index (χ0) is 15.7. The number of rotatable bonds is 3. The summed E-state index contributed by atoms with van der Waals surface area (Å²) in [6, 6.07) is 15.3. The van der Waals surface area contributed by atoms with Crippen molar-refractivity contribution in [2.24, 2.45) is 0 Å². The molecule has 2 aromatic carbocycles. The number of fused-ring (bicyclic) bond motifs is 1. The molecule has 0 fully saturated rings. The van der Waals surface area contributed by atoms with Crippen molar-refractivity contribution >= 4 is 34.1 Å². The zero-order valence-corrected chi connectivity index (χ0v) is 13.3. The highest BCUT2D eigenvalue weighted by molar-refractivity contribution is 6.31. The third-order valence-electron chi connectivity index (χ3n) is 3.86. The molecule has 112 valence electrons. The second kappa shape index (κ2) is 5.85. The minimum atomic E-state index is -0.0291. The van der Waals surface area contributed by atoms with Crippen LogP contribution in [-0.4, -0.2) is 17.4 Å². The summed E-state index contributed by atoms with van der Waals surface area (Å²) >= 11 is 6.06. The van der Waals surface area contributed by atoms with Crippen molar-refractivity contribution in [1.82, 2.24) is 4.98 Å². The Labute approximate surface area is 134 Å². The quantitative estimate of drug-likeness (QED) is 0.741. The SMILES string of the molecule is CCN(C(=O)c1[nH]c2ccc(Cl)cc2c1C)c1ccccc1. The molecule has 0 aliphatic heterocycles. The number of anilines is 1. The normalized spacial score (nSPS) is 10.9. The van der Waals surface area contributed by atoms with Gasteiger partial charge in [-0.15, -0.1) is 0 Å². The van der Waals surface area contributed by atoms with Gasteiger partial charge in [-0.1, -0.05) is 29.8 Å². The molecule has 3 rings (SSSR count). The molecular formula is C18H17ClN2O. The Morgan fingerprint density at radius 3 is 2.59 bits per heavy atom. The third kappa shape index (κ3) is 2.48. The van der Waals surface area contributed by atoms with Gasteiger partial charge in [-0.2, -0.15) is 0 Å². The van der Waals surface area contributed by atoms with E-state index in [1.807, 2.05) is 62.4 Å². The van der Waals surface area contributed by atoms with Crippen LogP contribution in [0.15, 0.2) is 48.5 Å². The van der Waals surface area contributed by atoms with Crippen LogP contribution >= 0.6 is 11.6 Å². The molecule has 0 saturated heterocycles. The lowest BCUT2D eigenvalue weighted by atomic mass is 10.1. The van der Waals surface area contributed by atoms with Crippen LogP contribution in [0.3, 0.4) is 0 Å². The molecule has 0 radical (unpaired) electrons. The zero-order valence-electron chi connectivity index (χ0n) is 12.6. The molecule has 1 heterocycles. The van der Waals surface area contributed by atoms with Crippen molar-refractivity contribution in [3.63, 3.8) is 0 Å². The minimum absolute atomic E-state index is 0.0291. The summed E-state index contributed by atoms with van der Waals surface area (Å²) in [4.78, 5) is 17.9. The molecule has 0 aliphatic rings. The molecular weight excluding hydrogens is 296 g/mol. The number of H-pyrrole nitrogens is 1. The lowest BCUT2D eigenvalue weighted by molar-refractivity contribution is 0.0984. The van der Waals surface area contributed by atoms with Crippen molar-refractivity contribution in [1.29, 1.82) is 0 Å². The van der Waals surface area contributed by atoms with Crippen LogP contribution in [0.1, 0.15) is 23.0 Å². The van der Waals surface area contributed by atoms with Crippen molar-refractivity contribution in [2.45, 2.75) is 13.8 Å². The van der Waals surface area contributed by atoms with Gasteiger partial charge in [0.25, 0.3) is 5.91 Å². The van der Waals surface area contributed by atoms with Gasteiger partial charge < -0.3 is 9.88 Å². The summed E-state index contributed by atoms with van der Waals surface area (Å²) in [5.74, 6) is -0.0291. The van der Waals surface area contributed by atoms with E-state index in [1.165, 1.54) is 0 Å². The van der Waals surface area contributed by atoms with E-state index in [-0.39, 0.29) is 5.91 Å². The van der Waals surface area contributed by atoms with E-state index in [9.17, 15) is 4.79 Å². The fourth-order valence-corrected chi connectivity index (χ4v) is 2.87. The highest BCUT2D eigenvalue weighted by Gasteiger charge is 2.21. The standard InChI is InChI=1S/C18H17ClN2O/c1-3-21(14-7-5-4-6-8-14)18(22)17-12(2)15-11-13(19)9-10-16(15)20-17/h4-11,20H,3H2,1-2H3. The number of nitrogens with one attached hydrogen (secondary N) is 1. The number of nitrogens with zero attached hydrogens (tertiary/aromatic N) is 1. The van der Waals surface area contributed by atoms with Gasteiger partial charge in [0, 0.05) is 28.2 Å². The summed E-state index contributed by atoms with van der Waals surface area (Å²) in [5.41, 5.74) is 3.36. The predicted molar refractivity (Wildman–Crippen MR) is 91.8 cm³/mol. The Bertz CT molecular complexity index is 824. The van der Waals surface area contributed by atoms with Gasteiger partial charge in [0.1, 0.15) is 5.69 Å². The van der Waals surface area contributed by atoms with Gasteiger partial charge in [-0.25, -0.2) is 0 Å². The molecule has 0 saturated carbocycles. The number of halogens is 1. The average Bonchev–Trinajstić information content (AvgIpc) is 2.86.